The van der Waals surface area contributed by atoms with Gasteiger partial charge in [0.2, 0.25) is 0 Å². The minimum Gasteiger partial charge on any atom is -0.371 e. The van der Waals surface area contributed by atoms with Gasteiger partial charge in [-0.15, -0.1) is 0 Å². The molecule has 1 aromatic carbocycles. The summed E-state index contributed by atoms with van der Waals surface area (Å²) in [6, 6.07) is 7.30. The van der Waals surface area contributed by atoms with Crippen molar-refractivity contribution in [3.63, 3.8) is 0 Å². The summed E-state index contributed by atoms with van der Waals surface area (Å²) in [5.74, 6) is 1.88. The van der Waals surface area contributed by atoms with Crippen LogP contribution in [-0.4, -0.2) is 19.1 Å². The molecule has 0 bridgehead atoms. The van der Waals surface area contributed by atoms with Gasteiger partial charge in [-0.3, -0.25) is 0 Å². The van der Waals surface area contributed by atoms with E-state index in [9.17, 15) is 0 Å². The Balaban J connectivity index is 1.78. The highest BCUT2D eigenvalue weighted by Crippen LogP contribution is 2.37. The molecule has 0 unspecified atom stereocenters. The molecule has 2 aliphatic rings. The van der Waals surface area contributed by atoms with Crippen molar-refractivity contribution < 1.29 is 0 Å². The maximum Gasteiger partial charge on any atom is 0.0423 e. The Kier molecular flexibility index (Phi) is 4.90. The van der Waals surface area contributed by atoms with Gasteiger partial charge in [-0.2, -0.15) is 0 Å². The third kappa shape index (κ3) is 4.72. The van der Waals surface area contributed by atoms with Crippen LogP contribution in [0.2, 0.25) is 0 Å². The van der Waals surface area contributed by atoms with Crippen molar-refractivity contribution in [3.05, 3.63) is 28.2 Å². The van der Waals surface area contributed by atoms with Gasteiger partial charge in [0, 0.05) is 35.8 Å². The molecule has 0 spiro atoms. The number of nitrogens with one attached hydrogen (secondary N) is 1. The standard InChI is InChI=1S/C18H27BrN2/c1-13(2)20-10-16-7-8-17(19)9-18(16)21(11-14-3-4-14)12-15-5-6-15/h7-9,13-15,20H,3-6,10-12H2,1-2H3. The van der Waals surface area contributed by atoms with Crippen LogP contribution in [0.15, 0.2) is 22.7 Å². The van der Waals surface area contributed by atoms with E-state index in [0.717, 1.165) is 18.4 Å². The molecule has 0 atom stereocenters. The molecule has 0 saturated heterocycles. The average Bonchev–Trinajstić information content (AvgIpc) is 3.31. The quantitative estimate of drug-likeness (QED) is 0.738. The molecule has 2 saturated carbocycles. The van der Waals surface area contributed by atoms with Gasteiger partial charge in [-0.1, -0.05) is 35.8 Å². The van der Waals surface area contributed by atoms with E-state index < -0.39 is 0 Å². The van der Waals surface area contributed by atoms with Crippen molar-refractivity contribution in [2.45, 2.75) is 52.1 Å². The van der Waals surface area contributed by atoms with Crippen LogP contribution in [0.5, 0.6) is 0 Å². The van der Waals surface area contributed by atoms with E-state index in [1.54, 1.807) is 0 Å². The van der Waals surface area contributed by atoms with Crippen molar-refractivity contribution in [2.24, 2.45) is 11.8 Å². The fourth-order valence-electron chi connectivity index (χ4n) is 2.79. The third-order valence-corrected chi connectivity index (χ3v) is 4.93. The lowest BCUT2D eigenvalue weighted by Crippen LogP contribution is -2.30. The largest absolute Gasteiger partial charge is 0.371 e. The zero-order chi connectivity index (χ0) is 14.8. The minimum atomic E-state index is 0.529. The monoisotopic (exact) mass is 350 g/mol. The second-order valence-electron chi connectivity index (χ2n) is 7.10. The molecule has 1 aromatic rings. The lowest BCUT2D eigenvalue weighted by Gasteiger charge is -2.28. The molecular weight excluding hydrogens is 324 g/mol. The molecule has 1 N–H and O–H groups in total. The number of halogens is 1. The van der Waals surface area contributed by atoms with Gasteiger partial charge in [-0.05, 0) is 55.2 Å². The second-order valence-corrected chi connectivity index (χ2v) is 8.02. The summed E-state index contributed by atoms with van der Waals surface area (Å²) < 4.78 is 1.20. The first-order valence-electron chi connectivity index (χ1n) is 8.38. The third-order valence-electron chi connectivity index (χ3n) is 4.44. The van der Waals surface area contributed by atoms with Crippen LogP contribution in [0.3, 0.4) is 0 Å². The molecule has 0 aliphatic heterocycles. The molecule has 2 fully saturated rings. The van der Waals surface area contributed by atoms with Crippen LogP contribution in [-0.2, 0) is 6.54 Å². The molecule has 0 heterocycles. The van der Waals surface area contributed by atoms with E-state index in [1.165, 1.54) is 54.5 Å². The van der Waals surface area contributed by atoms with Gasteiger partial charge in [0.1, 0.15) is 0 Å². The molecule has 2 nitrogen and oxygen atoms in total. The van der Waals surface area contributed by atoms with Crippen molar-refractivity contribution in [2.75, 3.05) is 18.0 Å². The van der Waals surface area contributed by atoms with Crippen LogP contribution >= 0.6 is 15.9 Å². The topological polar surface area (TPSA) is 15.3 Å². The van der Waals surface area contributed by atoms with E-state index in [-0.39, 0.29) is 0 Å². The lowest BCUT2D eigenvalue weighted by atomic mass is 10.1. The number of rotatable bonds is 8. The molecule has 21 heavy (non-hydrogen) atoms. The Bertz CT molecular complexity index is 464. The van der Waals surface area contributed by atoms with Crippen LogP contribution in [0.25, 0.3) is 0 Å². The highest BCUT2D eigenvalue weighted by molar-refractivity contribution is 9.10. The number of anilines is 1. The first kappa shape index (κ1) is 15.4. The van der Waals surface area contributed by atoms with E-state index in [4.69, 9.17) is 0 Å². The fourth-order valence-corrected chi connectivity index (χ4v) is 3.14. The van der Waals surface area contributed by atoms with Gasteiger partial charge in [0.25, 0.3) is 0 Å². The lowest BCUT2D eigenvalue weighted by molar-refractivity contribution is 0.585. The molecule has 3 heteroatoms. The Morgan fingerprint density at radius 1 is 1.14 bits per heavy atom. The number of hydrogen-bond acceptors (Lipinski definition) is 2. The number of benzene rings is 1. The van der Waals surface area contributed by atoms with Gasteiger partial charge in [0.15, 0.2) is 0 Å². The van der Waals surface area contributed by atoms with Crippen molar-refractivity contribution in [3.8, 4) is 0 Å². The summed E-state index contributed by atoms with van der Waals surface area (Å²) in [4.78, 5) is 2.66. The zero-order valence-corrected chi connectivity index (χ0v) is 14.8. The van der Waals surface area contributed by atoms with Gasteiger partial charge in [0.05, 0.1) is 0 Å². The molecular formula is C18H27BrN2. The van der Waals surface area contributed by atoms with Crippen LogP contribution < -0.4 is 10.2 Å². The molecule has 3 rings (SSSR count). The van der Waals surface area contributed by atoms with E-state index in [2.05, 4.69) is 58.2 Å². The molecule has 116 valence electrons. The van der Waals surface area contributed by atoms with Gasteiger partial charge in [-0.25, -0.2) is 0 Å². The smallest absolute Gasteiger partial charge is 0.0423 e. The maximum absolute atomic E-state index is 3.66. The maximum atomic E-state index is 3.66. The molecule has 2 aliphatic carbocycles. The van der Waals surface area contributed by atoms with Gasteiger partial charge >= 0.3 is 0 Å². The SMILES string of the molecule is CC(C)NCc1ccc(Br)cc1N(CC1CC1)CC1CC1. The first-order chi connectivity index (χ1) is 10.1. The summed E-state index contributed by atoms with van der Waals surface area (Å²) >= 11 is 3.66. The van der Waals surface area contributed by atoms with Crippen molar-refractivity contribution in [1.29, 1.82) is 0 Å². The van der Waals surface area contributed by atoms with Crippen LogP contribution in [0.1, 0.15) is 45.1 Å². The first-order valence-corrected chi connectivity index (χ1v) is 9.18. The predicted molar refractivity (Wildman–Crippen MR) is 93.8 cm³/mol. The fraction of sp³-hybridized carbons (Fsp3) is 0.667. The highest BCUT2D eigenvalue weighted by Gasteiger charge is 2.30. The highest BCUT2D eigenvalue weighted by atomic mass is 79.9. The summed E-state index contributed by atoms with van der Waals surface area (Å²) in [6.45, 7) is 7.89. The Morgan fingerprint density at radius 2 is 1.76 bits per heavy atom. The minimum absolute atomic E-state index is 0.529. The summed E-state index contributed by atoms with van der Waals surface area (Å²) in [7, 11) is 0. The zero-order valence-electron chi connectivity index (χ0n) is 13.2. The Labute approximate surface area is 137 Å². The predicted octanol–water partition coefficient (Wildman–Crippen LogP) is 4.57. The number of hydrogen-bond donors (Lipinski definition) is 1. The Hall–Kier alpha value is -0.540. The number of nitrogens with zero attached hydrogens (tertiary/aromatic N) is 1. The summed E-state index contributed by atoms with van der Waals surface area (Å²) in [5, 5.41) is 3.57. The normalized spacial score (nSPS) is 18.3. The van der Waals surface area contributed by atoms with Crippen LogP contribution in [0, 0.1) is 11.8 Å². The molecule has 0 radical (unpaired) electrons. The van der Waals surface area contributed by atoms with Crippen LogP contribution in [0.4, 0.5) is 5.69 Å². The van der Waals surface area contributed by atoms with E-state index >= 15 is 0 Å². The molecule has 0 aromatic heterocycles. The van der Waals surface area contributed by atoms with E-state index in [1.807, 2.05) is 0 Å². The Morgan fingerprint density at radius 3 is 2.29 bits per heavy atom. The van der Waals surface area contributed by atoms with Crippen molar-refractivity contribution in [1.82, 2.24) is 5.32 Å². The average molecular weight is 351 g/mol. The molecule has 0 amide bonds. The summed E-state index contributed by atoms with van der Waals surface area (Å²) in [6.07, 6.45) is 5.70. The summed E-state index contributed by atoms with van der Waals surface area (Å²) in [5.41, 5.74) is 2.88. The van der Waals surface area contributed by atoms with Gasteiger partial charge < -0.3 is 10.2 Å². The second kappa shape index (κ2) is 6.70. The van der Waals surface area contributed by atoms with Crippen molar-refractivity contribution >= 4 is 21.6 Å². The van der Waals surface area contributed by atoms with E-state index in [0.29, 0.717) is 6.04 Å².